The van der Waals surface area contributed by atoms with E-state index in [-0.39, 0.29) is 46.1 Å². The Morgan fingerprint density at radius 2 is 0.909 bits per heavy atom. The van der Waals surface area contributed by atoms with Crippen LogP contribution in [0, 0.1) is 0 Å². The quantitative estimate of drug-likeness (QED) is 0.198. The molecule has 0 aromatic rings. The minimum absolute atomic E-state index is 0. The predicted molar refractivity (Wildman–Crippen MR) is 38.6 cm³/mol. The molecule has 11 heavy (non-hydrogen) atoms. The molecule has 0 unspecified atom stereocenters. The van der Waals surface area contributed by atoms with Crippen molar-refractivity contribution in [3.05, 3.63) is 0 Å². The Bertz CT molecular complexity index is 58.9. The van der Waals surface area contributed by atoms with Crippen LogP contribution in [0.3, 0.4) is 0 Å². The molecule has 0 aromatic heterocycles. The molecule has 0 saturated carbocycles. The zero-order valence-electron chi connectivity index (χ0n) is 7.41. The van der Waals surface area contributed by atoms with E-state index < -0.39 is 16.4 Å². The van der Waals surface area contributed by atoms with Crippen LogP contribution in [0.15, 0.2) is 0 Å². The molecule has 0 aliphatic heterocycles. The minimum atomic E-state index is -4.61. The minimum Gasteiger partial charge on any atom is -1.00 e. The van der Waals surface area contributed by atoms with Crippen LogP contribution < -0.4 is 0 Å². The van der Waals surface area contributed by atoms with Crippen molar-refractivity contribution in [1.29, 1.82) is 0 Å². The first kappa shape index (κ1) is 22.8. The van der Waals surface area contributed by atoms with Gasteiger partial charge < -0.3 is 42.6 Å². The van der Waals surface area contributed by atoms with Crippen molar-refractivity contribution in [3.63, 3.8) is 0 Å². The van der Waals surface area contributed by atoms with Crippen molar-refractivity contribution >= 4 is 54.1 Å². The molecule has 0 heterocycles. The first-order valence-electron chi connectivity index (χ1n) is 1.67. The van der Waals surface area contributed by atoms with E-state index in [9.17, 15) is 0 Å². The van der Waals surface area contributed by atoms with Crippen LogP contribution in [-0.2, 0) is 0 Å². The summed E-state index contributed by atoms with van der Waals surface area (Å²) < 4.78 is 0. The van der Waals surface area contributed by atoms with Gasteiger partial charge in [0.2, 0.25) is 0 Å². The van der Waals surface area contributed by atoms with Crippen molar-refractivity contribution in [2.75, 3.05) is 0 Å². The molecule has 0 spiro atoms. The number of hydrogen-bond donors (Lipinski definition) is 7. The molecule has 8 nitrogen and oxygen atoms in total. The molecule has 0 aliphatic carbocycles. The number of rotatable bonds is 0. The molecule has 0 aromatic carbocycles. The van der Waals surface area contributed by atoms with E-state index in [1.807, 2.05) is 0 Å². The van der Waals surface area contributed by atoms with Gasteiger partial charge in [0.05, 0.1) is 0 Å². The molecule has 68 valence electrons. The van der Waals surface area contributed by atoms with Gasteiger partial charge in [-0.3, -0.25) is 0 Å². The van der Waals surface area contributed by atoms with Crippen LogP contribution in [0.25, 0.3) is 0 Å². The third-order valence-electron chi connectivity index (χ3n) is 0. The van der Waals surface area contributed by atoms with Gasteiger partial charge in [-0.1, -0.05) is 0 Å². The fourth-order valence-corrected chi connectivity index (χ4v) is 0. The second-order valence-electron chi connectivity index (χ2n) is 0.946. The SMILES string of the molecule is O.OB(O)O.O[Si](O)(O)O.[Ca+2].[H-].[H-]. The van der Waals surface area contributed by atoms with Gasteiger partial charge >= 0.3 is 54.1 Å². The van der Waals surface area contributed by atoms with Gasteiger partial charge in [0.25, 0.3) is 0 Å². The summed E-state index contributed by atoms with van der Waals surface area (Å²) in [5, 5.41) is 21.5. The maximum absolute atomic E-state index is 7.33. The van der Waals surface area contributed by atoms with Crippen LogP contribution >= 0.6 is 0 Å². The second kappa shape index (κ2) is 11.2. The van der Waals surface area contributed by atoms with Crippen molar-refractivity contribution in [1.82, 2.24) is 0 Å². The molecule has 0 aliphatic rings. The second-order valence-corrected chi connectivity index (χ2v) is 2.15. The average molecular weight is 218 g/mol. The molecule has 0 rings (SSSR count). The van der Waals surface area contributed by atoms with Gasteiger partial charge in [-0.2, -0.15) is 0 Å². The zero-order valence-corrected chi connectivity index (χ0v) is 8.62. The molecule has 0 amide bonds. The van der Waals surface area contributed by atoms with Gasteiger partial charge in [0, 0.05) is 0 Å². The maximum atomic E-state index is 7.33. The Hall–Kier alpha value is 1.22. The fraction of sp³-hybridized carbons (Fsp3) is 0. The van der Waals surface area contributed by atoms with E-state index in [1.54, 1.807) is 0 Å². The first-order valence-corrected chi connectivity index (χ1v) is 3.46. The van der Waals surface area contributed by atoms with Crippen LogP contribution in [0.4, 0.5) is 0 Å². The van der Waals surface area contributed by atoms with Crippen molar-refractivity contribution < 1.29 is 42.6 Å². The van der Waals surface area contributed by atoms with E-state index in [4.69, 9.17) is 34.3 Å². The molecule has 11 heteroatoms. The van der Waals surface area contributed by atoms with E-state index >= 15 is 0 Å². The summed E-state index contributed by atoms with van der Waals surface area (Å²) in [6.07, 6.45) is 0. The normalized spacial score (nSPS) is 7.91. The monoisotopic (exact) mass is 218 g/mol. The standard InChI is InChI=1S/BH3O3.Ca.H4O4Si.H2O.2H/c2-1(3)4;;1-5(2,3)4;;;/h2-4H;;1-4H;1H2;;/q;+2;;;2*-1. The van der Waals surface area contributed by atoms with E-state index in [0.717, 1.165) is 0 Å². The van der Waals surface area contributed by atoms with Gasteiger partial charge in [0.15, 0.2) is 0 Å². The Balaban J connectivity index is -0.0000000146. The van der Waals surface area contributed by atoms with E-state index in [1.165, 1.54) is 0 Å². The summed E-state index contributed by atoms with van der Waals surface area (Å²) in [5.41, 5.74) is 0. The van der Waals surface area contributed by atoms with Crippen LogP contribution in [0.5, 0.6) is 0 Å². The summed E-state index contributed by atoms with van der Waals surface area (Å²) in [6, 6.07) is 0. The smallest absolute Gasteiger partial charge is 1.00 e. The summed E-state index contributed by atoms with van der Waals surface area (Å²) in [7, 11) is -6.78. The Morgan fingerprint density at radius 1 is 0.909 bits per heavy atom. The molecule has 0 radical (unpaired) electrons. The topological polar surface area (TPSA) is 173 Å². The molecular formula is H11BCaO8Si. The number of hydrogen-bond acceptors (Lipinski definition) is 7. The van der Waals surface area contributed by atoms with Crippen molar-refractivity contribution in [2.45, 2.75) is 0 Å². The molecule has 0 bridgehead atoms. The van der Waals surface area contributed by atoms with E-state index in [0.29, 0.717) is 0 Å². The Labute approximate surface area is 96.3 Å². The largest absolute Gasteiger partial charge is 2.00 e. The first-order chi connectivity index (χ1) is 3.73. The summed E-state index contributed by atoms with van der Waals surface area (Å²) in [5.74, 6) is 0. The third-order valence-corrected chi connectivity index (χ3v) is 0. The summed E-state index contributed by atoms with van der Waals surface area (Å²) in [6.45, 7) is 0. The van der Waals surface area contributed by atoms with Crippen molar-refractivity contribution in [2.24, 2.45) is 0 Å². The van der Waals surface area contributed by atoms with Crippen LogP contribution in [0.2, 0.25) is 0 Å². The van der Waals surface area contributed by atoms with Crippen molar-refractivity contribution in [3.8, 4) is 0 Å². The Kier molecular flexibility index (Phi) is 23.2. The molecular weight excluding hydrogens is 207 g/mol. The predicted octanol–water partition coefficient (Wildman–Crippen LogP) is -5.64. The third kappa shape index (κ3) is 639. The van der Waals surface area contributed by atoms with E-state index in [2.05, 4.69) is 0 Å². The molecule has 9 N–H and O–H groups in total. The maximum Gasteiger partial charge on any atom is 2.00 e. The summed E-state index contributed by atoms with van der Waals surface area (Å²) in [4.78, 5) is 29.3. The van der Waals surface area contributed by atoms with Crippen LogP contribution in [0.1, 0.15) is 2.85 Å². The molecule has 0 atom stereocenters. The molecule has 0 fully saturated rings. The van der Waals surface area contributed by atoms with Gasteiger partial charge in [0.1, 0.15) is 0 Å². The van der Waals surface area contributed by atoms with Gasteiger partial charge in [-0.15, -0.1) is 0 Å². The fourth-order valence-electron chi connectivity index (χ4n) is 0. The van der Waals surface area contributed by atoms with Gasteiger partial charge in [-0.05, 0) is 0 Å². The van der Waals surface area contributed by atoms with Crippen LogP contribution in [-0.4, -0.2) is 93.8 Å². The Morgan fingerprint density at radius 3 is 0.909 bits per heavy atom. The molecule has 0 saturated heterocycles. The van der Waals surface area contributed by atoms with Gasteiger partial charge in [-0.25, -0.2) is 0 Å². The summed E-state index contributed by atoms with van der Waals surface area (Å²) >= 11 is 0. The zero-order chi connectivity index (χ0) is 8.08. The average Bonchev–Trinajstić information content (AvgIpc) is 1.19.